The second-order valence-corrected chi connectivity index (χ2v) is 5.26. The van der Waals surface area contributed by atoms with Gasteiger partial charge in [-0.15, -0.1) is 11.3 Å². The Morgan fingerprint density at radius 2 is 2.44 bits per heavy atom. The van der Waals surface area contributed by atoms with Gasteiger partial charge in [0.1, 0.15) is 5.01 Å². The van der Waals surface area contributed by atoms with Crippen molar-refractivity contribution in [3.8, 4) is 0 Å². The van der Waals surface area contributed by atoms with E-state index in [1.165, 1.54) is 6.26 Å². The average molecular weight is 266 g/mol. The molecular weight excluding hydrogens is 252 g/mol. The van der Waals surface area contributed by atoms with Crippen LogP contribution < -0.4 is 5.32 Å². The van der Waals surface area contributed by atoms with Crippen LogP contribution in [0.25, 0.3) is 0 Å². The fourth-order valence-electron chi connectivity index (χ4n) is 1.59. The zero-order chi connectivity index (χ0) is 13.1. The summed E-state index contributed by atoms with van der Waals surface area (Å²) in [6, 6.07) is 1.75. The highest BCUT2D eigenvalue weighted by molar-refractivity contribution is 7.11. The number of hydrogen-bond donors (Lipinski definition) is 2. The number of carbonyl (C=O) groups is 1. The highest BCUT2D eigenvalue weighted by Gasteiger charge is 2.15. The van der Waals surface area contributed by atoms with Crippen molar-refractivity contribution in [1.29, 1.82) is 0 Å². The first-order chi connectivity index (χ1) is 8.58. The molecule has 1 atom stereocenters. The monoisotopic (exact) mass is 266 g/mol. The molecule has 2 N–H and O–H groups in total. The quantitative estimate of drug-likeness (QED) is 0.870. The minimum atomic E-state index is -1.05. The first-order valence-corrected chi connectivity index (χ1v) is 6.35. The fraction of sp³-hybridized carbons (Fsp3) is 0.333. The lowest BCUT2D eigenvalue weighted by Gasteiger charge is -2.10. The van der Waals surface area contributed by atoms with Gasteiger partial charge in [-0.25, -0.2) is 9.78 Å². The van der Waals surface area contributed by atoms with E-state index in [1.807, 2.05) is 20.0 Å². The topological polar surface area (TPSA) is 75.4 Å². The second-order valence-electron chi connectivity index (χ2n) is 3.99. The van der Waals surface area contributed by atoms with Crippen molar-refractivity contribution in [1.82, 2.24) is 10.3 Å². The highest BCUT2D eigenvalue weighted by atomic mass is 32.1. The molecule has 0 radical (unpaired) electrons. The Bertz CT molecular complexity index is 547. The van der Waals surface area contributed by atoms with E-state index in [0.717, 1.165) is 9.88 Å². The van der Waals surface area contributed by atoms with Crippen molar-refractivity contribution in [2.24, 2.45) is 0 Å². The largest absolute Gasteiger partial charge is 0.475 e. The maximum Gasteiger partial charge on any atom is 0.372 e. The predicted octanol–water partition coefficient (Wildman–Crippen LogP) is 2.59. The van der Waals surface area contributed by atoms with E-state index in [0.29, 0.717) is 12.1 Å². The molecule has 0 spiro atoms. The van der Waals surface area contributed by atoms with Crippen LogP contribution in [0.1, 0.15) is 39.0 Å². The molecule has 2 heterocycles. The van der Waals surface area contributed by atoms with Crippen LogP contribution in [0.15, 0.2) is 22.9 Å². The van der Waals surface area contributed by atoms with Gasteiger partial charge < -0.3 is 14.8 Å². The van der Waals surface area contributed by atoms with E-state index in [1.54, 1.807) is 17.4 Å². The van der Waals surface area contributed by atoms with Gasteiger partial charge in [-0.3, -0.25) is 0 Å². The summed E-state index contributed by atoms with van der Waals surface area (Å²) >= 11 is 1.63. The Morgan fingerprint density at radius 1 is 1.67 bits per heavy atom. The van der Waals surface area contributed by atoms with Crippen molar-refractivity contribution < 1.29 is 14.3 Å². The molecular formula is C12H14N2O3S. The van der Waals surface area contributed by atoms with Gasteiger partial charge in [0.05, 0.1) is 12.3 Å². The lowest BCUT2D eigenvalue weighted by atomic mass is 10.2. The normalized spacial score (nSPS) is 12.6. The van der Waals surface area contributed by atoms with Gasteiger partial charge in [0.25, 0.3) is 0 Å². The van der Waals surface area contributed by atoms with Crippen LogP contribution in [0.3, 0.4) is 0 Å². The number of aromatic nitrogens is 1. The molecule has 0 amide bonds. The zero-order valence-corrected chi connectivity index (χ0v) is 11.0. The van der Waals surface area contributed by atoms with E-state index in [2.05, 4.69) is 10.3 Å². The van der Waals surface area contributed by atoms with Crippen LogP contribution in [0.4, 0.5) is 0 Å². The van der Waals surface area contributed by atoms with E-state index in [4.69, 9.17) is 9.52 Å². The summed E-state index contributed by atoms with van der Waals surface area (Å²) in [5.41, 5.74) is 0.641. The standard InChI is InChI=1S/C12H14N2O3S/c1-7-5-14-11(18-7)8(2)13-6-9-3-4-17-10(9)12(15)16/h3-5,8,13H,6H2,1-2H3,(H,15,16). The maximum absolute atomic E-state index is 10.9. The Balaban J connectivity index is 1.99. The molecule has 2 aromatic heterocycles. The minimum Gasteiger partial charge on any atom is -0.475 e. The number of thiazole rings is 1. The highest BCUT2D eigenvalue weighted by Crippen LogP contribution is 2.20. The smallest absolute Gasteiger partial charge is 0.372 e. The summed E-state index contributed by atoms with van der Waals surface area (Å²) in [6.07, 6.45) is 3.22. The van der Waals surface area contributed by atoms with Crippen LogP contribution in [0.5, 0.6) is 0 Å². The summed E-state index contributed by atoms with van der Waals surface area (Å²) in [6.45, 7) is 4.45. The van der Waals surface area contributed by atoms with Crippen molar-refractivity contribution in [2.45, 2.75) is 26.4 Å². The molecule has 2 rings (SSSR count). The third-order valence-electron chi connectivity index (χ3n) is 2.55. The molecule has 0 aromatic carbocycles. The lowest BCUT2D eigenvalue weighted by Crippen LogP contribution is -2.18. The number of carboxylic acids is 1. The first kappa shape index (κ1) is 12.8. The summed E-state index contributed by atoms with van der Waals surface area (Å²) in [5, 5.41) is 13.1. The van der Waals surface area contributed by atoms with Crippen molar-refractivity contribution in [3.05, 3.63) is 39.7 Å². The molecule has 0 saturated heterocycles. The molecule has 0 bridgehead atoms. The van der Waals surface area contributed by atoms with E-state index < -0.39 is 5.97 Å². The molecule has 0 saturated carbocycles. The molecule has 0 aliphatic heterocycles. The second kappa shape index (κ2) is 5.32. The maximum atomic E-state index is 10.9. The number of nitrogens with zero attached hydrogens (tertiary/aromatic N) is 1. The molecule has 1 unspecified atom stereocenters. The number of rotatable bonds is 5. The van der Waals surface area contributed by atoms with Gasteiger partial charge in [0.15, 0.2) is 0 Å². The zero-order valence-electron chi connectivity index (χ0n) is 10.1. The summed E-state index contributed by atoms with van der Waals surface area (Å²) in [7, 11) is 0. The molecule has 96 valence electrons. The van der Waals surface area contributed by atoms with Gasteiger partial charge in [0, 0.05) is 23.2 Å². The molecule has 2 aromatic rings. The molecule has 6 heteroatoms. The van der Waals surface area contributed by atoms with Gasteiger partial charge in [-0.05, 0) is 19.9 Å². The van der Waals surface area contributed by atoms with Gasteiger partial charge in [-0.1, -0.05) is 0 Å². The first-order valence-electron chi connectivity index (χ1n) is 5.53. The molecule has 18 heavy (non-hydrogen) atoms. The van der Waals surface area contributed by atoms with Crippen LogP contribution in [-0.4, -0.2) is 16.1 Å². The fourth-order valence-corrected chi connectivity index (χ4v) is 2.39. The molecule has 0 aliphatic carbocycles. The SMILES string of the molecule is Cc1cnc(C(C)NCc2ccoc2C(=O)O)s1. The van der Waals surface area contributed by atoms with Gasteiger partial charge in [0.2, 0.25) is 5.76 Å². The Labute approximate surface area is 108 Å². The van der Waals surface area contributed by atoms with Crippen LogP contribution in [0, 0.1) is 6.92 Å². The van der Waals surface area contributed by atoms with Crippen molar-refractivity contribution >= 4 is 17.3 Å². The van der Waals surface area contributed by atoms with Crippen molar-refractivity contribution in [3.63, 3.8) is 0 Å². The molecule has 5 nitrogen and oxygen atoms in total. The number of nitrogens with one attached hydrogen (secondary N) is 1. The van der Waals surface area contributed by atoms with E-state index in [9.17, 15) is 4.79 Å². The van der Waals surface area contributed by atoms with Crippen LogP contribution >= 0.6 is 11.3 Å². The van der Waals surface area contributed by atoms with E-state index in [-0.39, 0.29) is 11.8 Å². The molecule has 0 aliphatic rings. The predicted molar refractivity (Wildman–Crippen MR) is 67.8 cm³/mol. The minimum absolute atomic E-state index is 0.00924. The van der Waals surface area contributed by atoms with Gasteiger partial charge in [-0.2, -0.15) is 0 Å². The average Bonchev–Trinajstić information content (AvgIpc) is 2.94. The van der Waals surface area contributed by atoms with Crippen LogP contribution in [0.2, 0.25) is 0 Å². The summed E-state index contributed by atoms with van der Waals surface area (Å²) in [4.78, 5) is 16.3. The van der Waals surface area contributed by atoms with Crippen molar-refractivity contribution in [2.75, 3.05) is 0 Å². The van der Waals surface area contributed by atoms with Gasteiger partial charge >= 0.3 is 5.97 Å². The number of aryl methyl sites for hydroxylation is 1. The third kappa shape index (κ3) is 2.77. The molecule has 0 fully saturated rings. The Hall–Kier alpha value is -1.66. The Morgan fingerprint density at radius 3 is 3.06 bits per heavy atom. The number of aromatic carboxylic acids is 1. The third-order valence-corrected chi connectivity index (χ3v) is 3.64. The number of hydrogen-bond acceptors (Lipinski definition) is 5. The summed E-state index contributed by atoms with van der Waals surface area (Å²) in [5.74, 6) is -1.06. The van der Waals surface area contributed by atoms with E-state index >= 15 is 0 Å². The lowest BCUT2D eigenvalue weighted by molar-refractivity contribution is 0.0660. The summed E-state index contributed by atoms with van der Waals surface area (Å²) < 4.78 is 4.92. The number of carboxylic acid groups (broad SMARTS) is 1. The van der Waals surface area contributed by atoms with Crippen LogP contribution in [-0.2, 0) is 6.54 Å². The number of furan rings is 1. The Kier molecular flexibility index (Phi) is 3.78.